The number of hydrogen-bond acceptors (Lipinski definition) is 3. The van der Waals surface area contributed by atoms with E-state index in [1.807, 2.05) is 0 Å². The second-order valence-corrected chi connectivity index (χ2v) is 5.48. The Morgan fingerprint density at radius 2 is 1.72 bits per heavy atom. The first-order valence-electron chi connectivity index (χ1n) is 7.90. The highest BCUT2D eigenvalue weighted by molar-refractivity contribution is 4.75. The van der Waals surface area contributed by atoms with Crippen LogP contribution in [-0.2, 0) is 4.74 Å². The Morgan fingerprint density at radius 3 is 2.39 bits per heavy atom. The van der Waals surface area contributed by atoms with Crippen molar-refractivity contribution < 1.29 is 4.74 Å². The smallest absolute Gasteiger partial charge is 0.0634 e. The van der Waals surface area contributed by atoms with Gasteiger partial charge in [-0.15, -0.1) is 0 Å². The van der Waals surface area contributed by atoms with Crippen LogP contribution in [0.2, 0.25) is 0 Å². The van der Waals surface area contributed by atoms with Gasteiger partial charge in [-0.25, -0.2) is 0 Å². The number of nitrogens with zero attached hydrogens (tertiary/aromatic N) is 1. The molecule has 3 nitrogen and oxygen atoms in total. The SMILES string of the molecule is CCCCCCCCCCN1CCOCC1CN. The van der Waals surface area contributed by atoms with E-state index in [0.29, 0.717) is 6.04 Å². The fourth-order valence-corrected chi connectivity index (χ4v) is 2.65. The molecule has 0 aromatic rings. The van der Waals surface area contributed by atoms with Gasteiger partial charge >= 0.3 is 0 Å². The second-order valence-electron chi connectivity index (χ2n) is 5.48. The van der Waals surface area contributed by atoms with E-state index in [1.54, 1.807) is 0 Å². The number of morpholine rings is 1. The molecule has 1 aliphatic rings. The molecule has 0 aliphatic carbocycles. The van der Waals surface area contributed by atoms with E-state index in [-0.39, 0.29) is 0 Å². The summed E-state index contributed by atoms with van der Waals surface area (Å²) in [6.07, 6.45) is 11.1. The monoisotopic (exact) mass is 256 g/mol. The van der Waals surface area contributed by atoms with Gasteiger partial charge in [0.05, 0.1) is 13.2 Å². The Balaban J connectivity index is 1.93. The second kappa shape index (κ2) is 10.8. The van der Waals surface area contributed by atoms with E-state index in [0.717, 1.165) is 26.3 Å². The van der Waals surface area contributed by atoms with Crippen LogP contribution in [0.4, 0.5) is 0 Å². The summed E-state index contributed by atoms with van der Waals surface area (Å²) in [7, 11) is 0. The zero-order valence-electron chi connectivity index (χ0n) is 12.2. The Bertz CT molecular complexity index is 187. The van der Waals surface area contributed by atoms with Gasteiger partial charge in [-0.05, 0) is 13.0 Å². The predicted molar refractivity (Wildman–Crippen MR) is 77.8 cm³/mol. The quantitative estimate of drug-likeness (QED) is 0.611. The van der Waals surface area contributed by atoms with Gasteiger partial charge < -0.3 is 10.5 Å². The van der Waals surface area contributed by atoms with Crippen LogP contribution in [-0.4, -0.2) is 43.8 Å². The van der Waals surface area contributed by atoms with Gasteiger partial charge in [-0.1, -0.05) is 51.9 Å². The fraction of sp³-hybridized carbons (Fsp3) is 1.00. The molecule has 0 bridgehead atoms. The number of unbranched alkanes of at least 4 members (excludes halogenated alkanes) is 7. The molecule has 3 heteroatoms. The van der Waals surface area contributed by atoms with E-state index in [2.05, 4.69) is 11.8 Å². The molecule has 0 amide bonds. The largest absolute Gasteiger partial charge is 0.378 e. The minimum absolute atomic E-state index is 0.461. The molecule has 18 heavy (non-hydrogen) atoms. The van der Waals surface area contributed by atoms with Gasteiger partial charge in [0.2, 0.25) is 0 Å². The number of rotatable bonds is 10. The zero-order valence-corrected chi connectivity index (χ0v) is 12.2. The lowest BCUT2D eigenvalue weighted by Crippen LogP contribution is -2.49. The Labute approximate surface area is 113 Å². The van der Waals surface area contributed by atoms with Crippen molar-refractivity contribution in [3.8, 4) is 0 Å². The van der Waals surface area contributed by atoms with Gasteiger partial charge in [0.15, 0.2) is 0 Å². The highest BCUT2D eigenvalue weighted by Crippen LogP contribution is 2.11. The molecule has 108 valence electrons. The van der Waals surface area contributed by atoms with Crippen molar-refractivity contribution in [3.63, 3.8) is 0 Å². The van der Waals surface area contributed by atoms with Gasteiger partial charge in [-0.3, -0.25) is 4.90 Å². The van der Waals surface area contributed by atoms with Crippen LogP contribution in [0.5, 0.6) is 0 Å². The van der Waals surface area contributed by atoms with Crippen molar-refractivity contribution in [2.24, 2.45) is 5.73 Å². The number of nitrogens with two attached hydrogens (primary N) is 1. The highest BCUT2D eigenvalue weighted by Gasteiger charge is 2.20. The predicted octanol–water partition coefficient (Wildman–Crippen LogP) is 2.79. The maximum atomic E-state index is 5.77. The average molecular weight is 256 g/mol. The molecule has 0 aromatic carbocycles. The van der Waals surface area contributed by atoms with Crippen LogP contribution in [0.3, 0.4) is 0 Å². The minimum atomic E-state index is 0.461. The summed E-state index contributed by atoms with van der Waals surface area (Å²) in [4.78, 5) is 2.51. The van der Waals surface area contributed by atoms with Crippen molar-refractivity contribution in [2.75, 3.05) is 32.8 Å². The summed E-state index contributed by atoms with van der Waals surface area (Å²) in [5.41, 5.74) is 5.77. The lowest BCUT2D eigenvalue weighted by atomic mass is 10.1. The van der Waals surface area contributed by atoms with Crippen LogP contribution in [0.25, 0.3) is 0 Å². The lowest BCUT2D eigenvalue weighted by Gasteiger charge is -2.34. The van der Waals surface area contributed by atoms with Crippen LogP contribution in [0.1, 0.15) is 58.3 Å². The highest BCUT2D eigenvalue weighted by atomic mass is 16.5. The molecule has 0 spiro atoms. The molecule has 2 N–H and O–H groups in total. The molecule has 1 saturated heterocycles. The van der Waals surface area contributed by atoms with Gasteiger partial charge in [0.25, 0.3) is 0 Å². The van der Waals surface area contributed by atoms with Gasteiger partial charge in [-0.2, -0.15) is 0 Å². The van der Waals surface area contributed by atoms with Crippen molar-refractivity contribution in [1.82, 2.24) is 4.90 Å². The summed E-state index contributed by atoms with van der Waals surface area (Å²) in [5, 5.41) is 0. The van der Waals surface area contributed by atoms with Gasteiger partial charge in [0, 0.05) is 19.1 Å². The first-order valence-corrected chi connectivity index (χ1v) is 7.90. The maximum Gasteiger partial charge on any atom is 0.0634 e. The summed E-state index contributed by atoms with van der Waals surface area (Å²) in [5.74, 6) is 0. The average Bonchev–Trinajstić information content (AvgIpc) is 2.42. The first kappa shape index (κ1) is 15.9. The summed E-state index contributed by atoms with van der Waals surface area (Å²) in [6, 6.07) is 0.461. The minimum Gasteiger partial charge on any atom is -0.378 e. The molecule has 1 unspecified atom stereocenters. The Hall–Kier alpha value is -0.120. The molecule has 1 heterocycles. The molecular weight excluding hydrogens is 224 g/mol. The molecule has 0 radical (unpaired) electrons. The Morgan fingerprint density at radius 1 is 1.06 bits per heavy atom. The van der Waals surface area contributed by atoms with Crippen molar-refractivity contribution in [3.05, 3.63) is 0 Å². The first-order chi connectivity index (χ1) is 8.88. The van der Waals surface area contributed by atoms with Crippen molar-refractivity contribution in [2.45, 2.75) is 64.3 Å². The molecule has 1 atom stereocenters. The van der Waals surface area contributed by atoms with E-state index in [1.165, 1.54) is 57.9 Å². The normalized spacial score (nSPS) is 21.3. The topological polar surface area (TPSA) is 38.5 Å². The number of hydrogen-bond donors (Lipinski definition) is 1. The molecular formula is C15H32N2O. The Kier molecular flexibility index (Phi) is 9.54. The third-order valence-electron chi connectivity index (χ3n) is 3.92. The zero-order chi connectivity index (χ0) is 13.1. The molecule has 0 saturated carbocycles. The summed E-state index contributed by atoms with van der Waals surface area (Å²) in [6.45, 7) is 6.99. The molecule has 1 aliphatic heterocycles. The van der Waals surface area contributed by atoms with E-state index in [9.17, 15) is 0 Å². The summed E-state index contributed by atoms with van der Waals surface area (Å²) >= 11 is 0. The van der Waals surface area contributed by atoms with E-state index in [4.69, 9.17) is 10.5 Å². The van der Waals surface area contributed by atoms with Gasteiger partial charge in [0.1, 0.15) is 0 Å². The molecule has 0 aromatic heterocycles. The third-order valence-corrected chi connectivity index (χ3v) is 3.92. The lowest BCUT2D eigenvalue weighted by molar-refractivity contribution is -0.00446. The fourth-order valence-electron chi connectivity index (χ4n) is 2.65. The van der Waals surface area contributed by atoms with E-state index < -0.39 is 0 Å². The van der Waals surface area contributed by atoms with Crippen molar-refractivity contribution in [1.29, 1.82) is 0 Å². The molecule has 1 fully saturated rings. The number of ether oxygens (including phenoxy) is 1. The summed E-state index contributed by atoms with van der Waals surface area (Å²) < 4.78 is 5.46. The van der Waals surface area contributed by atoms with Crippen LogP contribution in [0, 0.1) is 0 Å². The van der Waals surface area contributed by atoms with Crippen LogP contribution < -0.4 is 5.73 Å². The van der Waals surface area contributed by atoms with Crippen molar-refractivity contribution >= 4 is 0 Å². The standard InChI is InChI=1S/C15H32N2O/c1-2-3-4-5-6-7-8-9-10-17-11-12-18-14-15(17)13-16/h15H,2-14,16H2,1H3. The third kappa shape index (κ3) is 6.72. The van der Waals surface area contributed by atoms with Crippen LogP contribution >= 0.6 is 0 Å². The maximum absolute atomic E-state index is 5.77. The van der Waals surface area contributed by atoms with E-state index >= 15 is 0 Å². The van der Waals surface area contributed by atoms with Crippen LogP contribution in [0.15, 0.2) is 0 Å². The molecule has 1 rings (SSSR count).